The third-order valence-corrected chi connectivity index (χ3v) is 1.52. The van der Waals surface area contributed by atoms with Crippen LogP contribution in [-0.4, -0.2) is 16.6 Å². The maximum Gasteiger partial charge on any atom is 0.573 e. The van der Waals surface area contributed by atoms with Crippen molar-refractivity contribution < 1.29 is 22.7 Å². The van der Waals surface area contributed by atoms with Gasteiger partial charge in [-0.05, 0) is 11.6 Å². The molecule has 0 aliphatic heterocycles. The number of nitrogens with two attached hydrogens (primary N) is 1. The van der Waals surface area contributed by atoms with Gasteiger partial charge in [-0.1, -0.05) is 0 Å². The Morgan fingerprint density at radius 2 is 2.13 bits per heavy atom. The molecular formula is C7H4ClF3N2O2. The van der Waals surface area contributed by atoms with E-state index in [4.69, 9.17) is 17.3 Å². The van der Waals surface area contributed by atoms with Crippen molar-refractivity contribution in [2.45, 2.75) is 6.36 Å². The van der Waals surface area contributed by atoms with Gasteiger partial charge in [0.15, 0.2) is 5.75 Å². The van der Waals surface area contributed by atoms with Gasteiger partial charge in [-0.3, -0.25) is 4.79 Å². The first-order valence-electron chi connectivity index (χ1n) is 3.50. The lowest BCUT2D eigenvalue weighted by Crippen LogP contribution is -2.18. The van der Waals surface area contributed by atoms with Crippen LogP contribution in [0, 0.1) is 0 Å². The van der Waals surface area contributed by atoms with Gasteiger partial charge in [-0.15, -0.1) is 13.2 Å². The second kappa shape index (κ2) is 3.93. The number of carbonyl (C=O) groups is 1. The quantitative estimate of drug-likeness (QED) is 0.803. The molecule has 4 nitrogen and oxygen atoms in total. The normalized spacial score (nSPS) is 11.2. The molecule has 2 N–H and O–H groups in total. The first-order valence-corrected chi connectivity index (χ1v) is 3.88. The van der Waals surface area contributed by atoms with Gasteiger partial charge in [-0.25, -0.2) is 4.98 Å². The number of rotatable bonds is 2. The highest BCUT2D eigenvalue weighted by Crippen LogP contribution is 2.28. The van der Waals surface area contributed by atoms with Crippen LogP contribution in [0.25, 0.3) is 0 Å². The molecule has 0 aliphatic carbocycles. The zero-order chi connectivity index (χ0) is 11.6. The Bertz CT molecular complexity index is 394. The Labute approximate surface area is 86.8 Å². The number of hydrogen-bond donors (Lipinski definition) is 1. The van der Waals surface area contributed by atoms with Crippen molar-refractivity contribution in [1.82, 2.24) is 4.98 Å². The summed E-state index contributed by atoms with van der Waals surface area (Å²) < 4.78 is 39.1. The molecule has 0 saturated heterocycles. The van der Waals surface area contributed by atoms with Crippen molar-refractivity contribution in [3.8, 4) is 5.75 Å². The molecule has 0 spiro atoms. The van der Waals surface area contributed by atoms with Crippen molar-refractivity contribution in [2.75, 3.05) is 5.73 Å². The van der Waals surface area contributed by atoms with Crippen LogP contribution in [0.3, 0.4) is 0 Å². The molecule has 0 unspecified atom stereocenters. The van der Waals surface area contributed by atoms with Gasteiger partial charge in [-0.2, -0.15) is 0 Å². The molecule has 1 rings (SSSR count). The van der Waals surface area contributed by atoms with Gasteiger partial charge in [0.05, 0.1) is 11.9 Å². The molecule has 0 amide bonds. The first kappa shape index (κ1) is 11.6. The van der Waals surface area contributed by atoms with Crippen molar-refractivity contribution in [1.29, 1.82) is 0 Å². The fourth-order valence-corrected chi connectivity index (χ4v) is 0.871. The molecule has 0 aromatic carbocycles. The molecule has 0 fully saturated rings. The average Bonchev–Trinajstić information content (AvgIpc) is 2.06. The second-order valence-corrected chi connectivity index (χ2v) is 2.77. The highest BCUT2D eigenvalue weighted by Gasteiger charge is 2.32. The predicted molar refractivity (Wildman–Crippen MR) is 45.5 cm³/mol. The van der Waals surface area contributed by atoms with E-state index in [1.165, 1.54) is 0 Å². The zero-order valence-corrected chi connectivity index (χ0v) is 7.76. The van der Waals surface area contributed by atoms with E-state index in [0.717, 1.165) is 12.3 Å². The van der Waals surface area contributed by atoms with E-state index in [9.17, 15) is 18.0 Å². The molecule has 82 valence electrons. The van der Waals surface area contributed by atoms with Gasteiger partial charge in [0.25, 0.3) is 5.24 Å². The number of aromatic nitrogens is 1. The summed E-state index contributed by atoms with van der Waals surface area (Å²) in [5.41, 5.74) is 4.45. The van der Waals surface area contributed by atoms with Crippen LogP contribution in [0.5, 0.6) is 5.75 Å². The lowest BCUT2D eigenvalue weighted by atomic mass is 10.3. The number of carbonyl (C=O) groups excluding carboxylic acids is 1. The van der Waals surface area contributed by atoms with E-state index in [1.54, 1.807) is 0 Å². The maximum atomic E-state index is 11.8. The van der Waals surface area contributed by atoms with Gasteiger partial charge in [0.1, 0.15) is 5.69 Å². The standard InChI is InChI=1S/C7H4ClF3N2O2/c8-6(14)4-1-5(3(12)2-13-4)15-7(9,10)11/h1-2H,12H2. The molecule has 0 atom stereocenters. The molecule has 15 heavy (non-hydrogen) atoms. The second-order valence-electron chi connectivity index (χ2n) is 2.43. The summed E-state index contributed by atoms with van der Waals surface area (Å²) in [5, 5.41) is -0.998. The summed E-state index contributed by atoms with van der Waals surface area (Å²) in [6.07, 6.45) is -4.03. The van der Waals surface area contributed by atoms with Gasteiger partial charge < -0.3 is 10.5 Å². The summed E-state index contributed by atoms with van der Waals surface area (Å²) in [4.78, 5) is 14.0. The molecule has 1 aromatic heterocycles. The molecule has 8 heteroatoms. The molecule has 0 bridgehead atoms. The van der Waals surface area contributed by atoms with Gasteiger partial charge in [0.2, 0.25) is 0 Å². The Hall–Kier alpha value is -1.50. The minimum atomic E-state index is -4.89. The van der Waals surface area contributed by atoms with E-state index in [0.29, 0.717) is 0 Å². The zero-order valence-electron chi connectivity index (χ0n) is 7.01. The Balaban J connectivity index is 3.06. The third-order valence-electron chi connectivity index (χ3n) is 1.32. The third kappa shape index (κ3) is 3.28. The Morgan fingerprint density at radius 1 is 1.53 bits per heavy atom. The number of hydrogen-bond acceptors (Lipinski definition) is 4. The Kier molecular flexibility index (Phi) is 3.04. The summed E-state index contributed by atoms with van der Waals surface area (Å²) in [6.45, 7) is 0. The van der Waals surface area contributed by atoms with Gasteiger partial charge in [0, 0.05) is 6.07 Å². The van der Waals surface area contributed by atoms with Crippen LogP contribution >= 0.6 is 11.6 Å². The maximum absolute atomic E-state index is 11.8. The summed E-state index contributed by atoms with van der Waals surface area (Å²) in [7, 11) is 0. The van der Waals surface area contributed by atoms with Gasteiger partial charge >= 0.3 is 6.36 Å². The Morgan fingerprint density at radius 3 is 2.60 bits per heavy atom. The van der Waals surface area contributed by atoms with E-state index in [-0.39, 0.29) is 11.4 Å². The average molecular weight is 241 g/mol. The van der Waals surface area contributed by atoms with Crippen LogP contribution in [-0.2, 0) is 0 Å². The van der Waals surface area contributed by atoms with Crippen molar-refractivity contribution in [3.63, 3.8) is 0 Å². The van der Waals surface area contributed by atoms with Crippen molar-refractivity contribution >= 4 is 22.5 Å². The molecule has 1 aromatic rings. The molecule has 0 saturated carbocycles. The van der Waals surface area contributed by atoms with E-state index < -0.39 is 17.4 Å². The number of anilines is 1. The number of alkyl halides is 3. The SMILES string of the molecule is Nc1cnc(C(=O)Cl)cc1OC(F)(F)F. The fraction of sp³-hybridized carbons (Fsp3) is 0.143. The van der Waals surface area contributed by atoms with E-state index >= 15 is 0 Å². The van der Waals surface area contributed by atoms with Crippen LogP contribution < -0.4 is 10.5 Å². The van der Waals surface area contributed by atoms with E-state index in [1.807, 2.05) is 0 Å². The predicted octanol–water partition coefficient (Wildman–Crippen LogP) is 1.94. The lowest BCUT2D eigenvalue weighted by Gasteiger charge is -2.10. The van der Waals surface area contributed by atoms with Crippen LogP contribution in [0.15, 0.2) is 12.3 Å². The first-order chi connectivity index (χ1) is 6.79. The fourth-order valence-electron chi connectivity index (χ4n) is 0.768. The topological polar surface area (TPSA) is 65.2 Å². The number of nitrogen functional groups attached to an aromatic ring is 1. The van der Waals surface area contributed by atoms with Crippen molar-refractivity contribution in [3.05, 3.63) is 18.0 Å². The van der Waals surface area contributed by atoms with Crippen LogP contribution in [0.2, 0.25) is 0 Å². The molecular weight excluding hydrogens is 237 g/mol. The molecule has 1 heterocycles. The highest BCUT2D eigenvalue weighted by atomic mass is 35.5. The number of halogens is 4. The molecule has 0 aliphatic rings. The minimum Gasteiger partial charge on any atom is -0.403 e. The van der Waals surface area contributed by atoms with Crippen molar-refractivity contribution in [2.24, 2.45) is 0 Å². The van der Waals surface area contributed by atoms with Crippen LogP contribution in [0.4, 0.5) is 18.9 Å². The molecule has 0 radical (unpaired) electrons. The largest absolute Gasteiger partial charge is 0.573 e. The van der Waals surface area contributed by atoms with E-state index in [2.05, 4.69) is 9.72 Å². The number of ether oxygens (including phenoxy) is 1. The summed E-state index contributed by atoms with van der Waals surface area (Å²) >= 11 is 5.02. The highest BCUT2D eigenvalue weighted by molar-refractivity contribution is 6.67. The minimum absolute atomic E-state index is 0.339. The summed E-state index contributed by atoms with van der Waals surface area (Å²) in [5.74, 6) is -0.707. The number of pyridine rings is 1. The number of nitrogens with zero attached hydrogens (tertiary/aromatic N) is 1. The van der Waals surface area contributed by atoms with Crippen LogP contribution in [0.1, 0.15) is 10.5 Å². The lowest BCUT2D eigenvalue weighted by molar-refractivity contribution is -0.274. The smallest absolute Gasteiger partial charge is 0.403 e. The summed E-state index contributed by atoms with van der Waals surface area (Å²) in [6, 6.07) is 0.720. The monoisotopic (exact) mass is 240 g/mol.